The van der Waals surface area contributed by atoms with Crippen molar-refractivity contribution < 1.29 is 4.74 Å². The number of rotatable bonds is 3. The van der Waals surface area contributed by atoms with E-state index in [1.165, 1.54) is 0 Å². The highest BCUT2D eigenvalue weighted by atomic mass is 35.5. The Kier molecular flexibility index (Phi) is 3.55. The van der Waals surface area contributed by atoms with Crippen LogP contribution in [0.3, 0.4) is 0 Å². The van der Waals surface area contributed by atoms with E-state index in [-0.39, 0.29) is 0 Å². The predicted octanol–water partition coefficient (Wildman–Crippen LogP) is 3.86. The summed E-state index contributed by atoms with van der Waals surface area (Å²) < 4.78 is 7.33. The number of ether oxygens (including phenoxy) is 1. The molecule has 0 amide bonds. The molecule has 0 atom stereocenters. The van der Waals surface area contributed by atoms with Gasteiger partial charge in [0.2, 0.25) is 0 Å². The van der Waals surface area contributed by atoms with Crippen molar-refractivity contribution in [3.05, 3.63) is 52.8 Å². The molecule has 2 nitrogen and oxygen atoms in total. The van der Waals surface area contributed by atoms with E-state index in [9.17, 15) is 0 Å². The quantitative estimate of drug-likeness (QED) is 0.804. The van der Waals surface area contributed by atoms with Crippen LogP contribution in [-0.4, -0.2) is 11.7 Å². The third-order valence-corrected chi connectivity index (χ3v) is 2.97. The summed E-state index contributed by atoms with van der Waals surface area (Å²) in [7, 11) is 3.65. The highest BCUT2D eigenvalue weighted by Crippen LogP contribution is 2.28. The average molecular weight is 248 g/mol. The fourth-order valence-corrected chi connectivity index (χ4v) is 1.90. The van der Waals surface area contributed by atoms with Crippen molar-refractivity contribution in [3.8, 4) is 5.75 Å². The van der Waals surface area contributed by atoms with Crippen LogP contribution in [0.4, 0.5) is 0 Å². The van der Waals surface area contributed by atoms with E-state index in [1.54, 1.807) is 7.11 Å². The molecule has 0 bridgehead atoms. The smallest absolute Gasteiger partial charge is 0.127 e. The van der Waals surface area contributed by atoms with Gasteiger partial charge in [-0.3, -0.25) is 0 Å². The second-order valence-electron chi connectivity index (χ2n) is 3.73. The first kappa shape index (κ1) is 11.8. The second-order valence-corrected chi connectivity index (χ2v) is 4.14. The van der Waals surface area contributed by atoms with Gasteiger partial charge in [0.1, 0.15) is 5.75 Å². The van der Waals surface area contributed by atoms with Gasteiger partial charge in [-0.25, -0.2) is 0 Å². The molecule has 1 aromatic heterocycles. The van der Waals surface area contributed by atoms with E-state index in [0.29, 0.717) is 5.02 Å². The Morgan fingerprint density at radius 3 is 2.65 bits per heavy atom. The minimum absolute atomic E-state index is 0.690. The Balaban J connectivity index is 2.36. The number of aryl methyl sites for hydroxylation is 1. The van der Waals surface area contributed by atoms with Crippen LogP contribution in [0.25, 0.3) is 12.2 Å². The van der Waals surface area contributed by atoms with Crippen molar-refractivity contribution in [2.45, 2.75) is 0 Å². The predicted molar refractivity (Wildman–Crippen MR) is 72.3 cm³/mol. The first-order valence-corrected chi connectivity index (χ1v) is 5.72. The van der Waals surface area contributed by atoms with E-state index in [0.717, 1.165) is 17.0 Å². The van der Waals surface area contributed by atoms with E-state index in [2.05, 4.69) is 0 Å². The molecular formula is C14H14ClNO. The Hall–Kier alpha value is -1.67. The van der Waals surface area contributed by atoms with Crippen molar-refractivity contribution in [1.82, 2.24) is 4.57 Å². The second kappa shape index (κ2) is 5.11. The average Bonchev–Trinajstić information content (AvgIpc) is 2.73. The molecule has 0 radical (unpaired) electrons. The Morgan fingerprint density at radius 2 is 2.00 bits per heavy atom. The molecule has 17 heavy (non-hydrogen) atoms. The highest BCUT2D eigenvalue weighted by molar-refractivity contribution is 6.32. The van der Waals surface area contributed by atoms with Crippen LogP contribution in [0.15, 0.2) is 36.5 Å². The third kappa shape index (κ3) is 2.53. The van der Waals surface area contributed by atoms with Gasteiger partial charge in [0, 0.05) is 24.5 Å². The van der Waals surface area contributed by atoms with Gasteiger partial charge in [0.15, 0.2) is 0 Å². The molecule has 0 aliphatic heterocycles. The maximum absolute atomic E-state index is 6.15. The summed E-state index contributed by atoms with van der Waals surface area (Å²) in [5.74, 6) is 0.781. The van der Waals surface area contributed by atoms with Gasteiger partial charge in [-0.1, -0.05) is 17.7 Å². The van der Waals surface area contributed by atoms with E-state index in [4.69, 9.17) is 16.3 Å². The Bertz CT molecular complexity index is 543. The SMILES string of the molecule is COc1cccc(Cl)c1/C=C/c1cccn1C. The molecule has 0 fully saturated rings. The lowest BCUT2D eigenvalue weighted by Gasteiger charge is -2.06. The number of benzene rings is 1. The zero-order chi connectivity index (χ0) is 12.3. The first-order valence-electron chi connectivity index (χ1n) is 5.34. The van der Waals surface area contributed by atoms with Crippen molar-refractivity contribution in [2.24, 2.45) is 7.05 Å². The van der Waals surface area contributed by atoms with Gasteiger partial charge in [0.05, 0.1) is 12.1 Å². The normalized spacial score (nSPS) is 11.0. The minimum Gasteiger partial charge on any atom is -0.496 e. The van der Waals surface area contributed by atoms with Crippen LogP contribution < -0.4 is 4.74 Å². The fourth-order valence-electron chi connectivity index (χ4n) is 1.67. The van der Waals surface area contributed by atoms with Crippen molar-refractivity contribution >= 4 is 23.8 Å². The van der Waals surface area contributed by atoms with Gasteiger partial charge < -0.3 is 9.30 Å². The van der Waals surface area contributed by atoms with Crippen molar-refractivity contribution in [3.63, 3.8) is 0 Å². The number of hydrogen-bond donors (Lipinski definition) is 0. The lowest BCUT2D eigenvalue weighted by molar-refractivity contribution is 0.414. The molecule has 0 aliphatic carbocycles. The first-order chi connectivity index (χ1) is 8.22. The van der Waals surface area contributed by atoms with Crippen LogP contribution in [0.2, 0.25) is 5.02 Å². The Morgan fingerprint density at radius 1 is 1.18 bits per heavy atom. The molecule has 0 N–H and O–H groups in total. The molecule has 2 aromatic rings. The molecule has 0 aliphatic rings. The summed E-state index contributed by atoms with van der Waals surface area (Å²) in [5, 5.41) is 0.690. The highest BCUT2D eigenvalue weighted by Gasteiger charge is 2.03. The minimum atomic E-state index is 0.690. The van der Waals surface area contributed by atoms with Crippen molar-refractivity contribution in [1.29, 1.82) is 0 Å². The maximum atomic E-state index is 6.15. The summed E-state index contributed by atoms with van der Waals surface area (Å²) in [6.07, 6.45) is 5.99. The van der Waals surface area contributed by atoms with Gasteiger partial charge in [-0.15, -0.1) is 0 Å². The summed E-state index contributed by atoms with van der Waals surface area (Å²) in [6, 6.07) is 9.68. The van der Waals surface area contributed by atoms with Gasteiger partial charge in [-0.2, -0.15) is 0 Å². The zero-order valence-electron chi connectivity index (χ0n) is 9.85. The van der Waals surface area contributed by atoms with Crippen LogP contribution in [0.5, 0.6) is 5.75 Å². The van der Waals surface area contributed by atoms with Gasteiger partial charge in [-0.05, 0) is 36.4 Å². The monoisotopic (exact) mass is 247 g/mol. The lowest BCUT2D eigenvalue weighted by atomic mass is 10.1. The van der Waals surface area contributed by atoms with Gasteiger partial charge in [0.25, 0.3) is 0 Å². The molecule has 0 saturated heterocycles. The maximum Gasteiger partial charge on any atom is 0.127 e. The molecule has 2 rings (SSSR count). The molecular weight excluding hydrogens is 234 g/mol. The molecule has 0 saturated carbocycles. The largest absolute Gasteiger partial charge is 0.496 e. The van der Waals surface area contributed by atoms with Crippen LogP contribution >= 0.6 is 11.6 Å². The molecule has 0 unspecified atom stereocenters. The van der Waals surface area contributed by atoms with E-state index < -0.39 is 0 Å². The lowest BCUT2D eigenvalue weighted by Crippen LogP contribution is -1.89. The number of hydrogen-bond acceptors (Lipinski definition) is 1. The summed E-state index contributed by atoms with van der Waals surface area (Å²) in [6.45, 7) is 0. The molecule has 3 heteroatoms. The number of aromatic nitrogens is 1. The number of halogens is 1. The van der Waals surface area contributed by atoms with E-state index >= 15 is 0 Å². The van der Waals surface area contributed by atoms with Crippen LogP contribution in [0.1, 0.15) is 11.3 Å². The van der Waals surface area contributed by atoms with Gasteiger partial charge >= 0.3 is 0 Å². The molecule has 1 heterocycles. The topological polar surface area (TPSA) is 14.2 Å². The summed E-state index contributed by atoms with van der Waals surface area (Å²) in [5.41, 5.74) is 2.02. The Labute approximate surface area is 106 Å². The van der Waals surface area contributed by atoms with Crippen LogP contribution in [-0.2, 0) is 7.05 Å². The number of methoxy groups -OCH3 is 1. The molecule has 88 valence electrons. The zero-order valence-corrected chi connectivity index (χ0v) is 10.6. The van der Waals surface area contributed by atoms with Crippen LogP contribution in [0, 0.1) is 0 Å². The van der Waals surface area contributed by atoms with E-state index in [1.807, 2.05) is 60.3 Å². The third-order valence-electron chi connectivity index (χ3n) is 2.64. The number of nitrogens with zero attached hydrogens (tertiary/aromatic N) is 1. The van der Waals surface area contributed by atoms with Crippen molar-refractivity contribution in [2.75, 3.05) is 7.11 Å². The molecule has 1 aromatic carbocycles. The summed E-state index contributed by atoms with van der Waals surface area (Å²) >= 11 is 6.15. The standard InChI is InChI=1S/C14H14ClNO/c1-16-10-4-5-11(16)8-9-12-13(15)6-3-7-14(12)17-2/h3-10H,1-2H3/b9-8+. The fraction of sp³-hybridized carbons (Fsp3) is 0.143. The summed E-state index contributed by atoms with van der Waals surface area (Å²) in [4.78, 5) is 0. The molecule has 0 spiro atoms.